The normalized spacial score (nSPS) is 12.7. The summed E-state index contributed by atoms with van der Waals surface area (Å²) in [6, 6.07) is -0.731. The number of carboxylic acid groups (broad SMARTS) is 1. The van der Waals surface area contributed by atoms with E-state index in [1.165, 1.54) is 6.92 Å². The Morgan fingerprint density at radius 2 is 1.73 bits per heavy atom. The van der Waals surface area contributed by atoms with Gasteiger partial charge in [-0.2, -0.15) is 8.42 Å². The zero-order chi connectivity index (χ0) is 9.65. The van der Waals surface area contributed by atoms with Gasteiger partial charge >= 0.3 is 15.3 Å². The van der Waals surface area contributed by atoms with Crippen LogP contribution in [0.4, 0.5) is 0 Å². The molecule has 0 amide bonds. The quantitative estimate of drug-likeness (QED) is 0.390. The van der Waals surface area contributed by atoms with E-state index in [1.807, 2.05) is 0 Å². The molecule has 0 aliphatic heterocycles. The van der Waals surface area contributed by atoms with Crippen LogP contribution in [0, 0.1) is 0 Å². The van der Waals surface area contributed by atoms with Crippen LogP contribution in [-0.2, 0) is 14.1 Å². The van der Waals surface area contributed by atoms with Crippen molar-refractivity contribution in [3.05, 3.63) is 0 Å². The Bertz CT molecular complexity index is 202. The molecule has 0 spiro atoms. The molecule has 1 unspecified atom stereocenters. The van der Waals surface area contributed by atoms with Gasteiger partial charge in [0.05, 0.1) is 0 Å². The first kappa shape index (κ1) is 13.2. The van der Waals surface area contributed by atoms with Gasteiger partial charge in [-0.1, -0.05) is 0 Å². The van der Waals surface area contributed by atoms with Gasteiger partial charge in [-0.05, 0) is 6.92 Å². The van der Waals surface area contributed by atoms with Crippen molar-refractivity contribution in [1.29, 1.82) is 0 Å². The Balaban J connectivity index is 0. The molecule has 0 radical (unpaired) electrons. The minimum atomic E-state index is -4.19. The highest BCUT2D eigenvalue weighted by molar-refractivity contribution is 8.09. The summed E-state index contributed by atoms with van der Waals surface area (Å²) < 4.78 is 25.2. The molecule has 11 heavy (non-hydrogen) atoms. The van der Waals surface area contributed by atoms with Crippen molar-refractivity contribution in [2.45, 2.75) is 13.0 Å². The maximum Gasteiger partial charge on any atom is 0.353 e. The van der Waals surface area contributed by atoms with Crippen molar-refractivity contribution in [2.24, 2.45) is 5.73 Å². The fraction of sp³-hybridized carbons (Fsp3) is 0.667. The minimum absolute atomic E-state index is 0.731. The Morgan fingerprint density at radius 3 is 1.73 bits per heavy atom. The lowest BCUT2D eigenvalue weighted by atomic mass is 10.4. The predicted molar refractivity (Wildman–Crippen MR) is 38.7 cm³/mol. The van der Waals surface area contributed by atoms with E-state index in [4.69, 9.17) is 23.8 Å². The molecule has 0 aromatic rings. The van der Waals surface area contributed by atoms with Gasteiger partial charge in [-0.3, -0.25) is 9.35 Å². The van der Waals surface area contributed by atoms with E-state index < -0.39 is 21.3 Å². The zero-order valence-electron chi connectivity index (χ0n) is 5.56. The highest BCUT2D eigenvalue weighted by Gasteiger charge is 1.99. The second-order valence-electron chi connectivity index (χ2n) is 1.54. The van der Waals surface area contributed by atoms with Gasteiger partial charge in [0.2, 0.25) is 0 Å². The van der Waals surface area contributed by atoms with Crippen molar-refractivity contribution in [3.8, 4) is 0 Å². The molecule has 6 nitrogen and oxygen atoms in total. The summed E-state index contributed by atoms with van der Waals surface area (Å²) in [6.45, 7) is 1.42. The van der Waals surface area contributed by atoms with Crippen LogP contribution in [-0.4, -0.2) is 30.1 Å². The third-order valence-corrected chi connectivity index (χ3v) is 0.390. The summed E-state index contributed by atoms with van der Waals surface area (Å²) in [6.07, 6.45) is 0. The van der Waals surface area contributed by atoms with E-state index >= 15 is 0 Å². The van der Waals surface area contributed by atoms with Gasteiger partial charge in [0, 0.05) is 10.7 Å². The number of hydrogen-bond donors (Lipinski definition) is 3. The first-order chi connectivity index (χ1) is 4.64. The second kappa shape index (κ2) is 5.30. The van der Waals surface area contributed by atoms with Crippen LogP contribution in [0.3, 0.4) is 0 Å². The third kappa shape index (κ3) is 42.5. The molecule has 0 aliphatic rings. The molecular weight excluding hydrogens is 198 g/mol. The minimum Gasteiger partial charge on any atom is -0.480 e. The number of aliphatic carboxylic acids is 1. The summed E-state index contributed by atoms with van der Waals surface area (Å²) in [7, 11) is -0.137. The van der Waals surface area contributed by atoms with Gasteiger partial charge in [-0.25, -0.2) is 0 Å². The summed E-state index contributed by atoms with van der Waals surface area (Å²) in [5.41, 5.74) is 4.84. The molecule has 4 N–H and O–H groups in total. The summed E-state index contributed by atoms with van der Waals surface area (Å²) in [5, 5.41) is 7.87. The van der Waals surface area contributed by atoms with Crippen molar-refractivity contribution in [2.75, 3.05) is 0 Å². The topological polar surface area (TPSA) is 118 Å². The van der Waals surface area contributed by atoms with Gasteiger partial charge in [0.1, 0.15) is 6.04 Å². The van der Waals surface area contributed by atoms with Crippen LogP contribution < -0.4 is 5.73 Å². The predicted octanol–water partition coefficient (Wildman–Crippen LogP) is -0.554. The van der Waals surface area contributed by atoms with Crippen LogP contribution in [0.5, 0.6) is 0 Å². The Kier molecular flexibility index (Phi) is 6.38. The van der Waals surface area contributed by atoms with E-state index in [9.17, 15) is 4.79 Å². The van der Waals surface area contributed by atoms with Crippen molar-refractivity contribution < 1.29 is 22.9 Å². The highest BCUT2D eigenvalue weighted by atomic mass is 35.7. The van der Waals surface area contributed by atoms with Crippen LogP contribution in [0.1, 0.15) is 6.92 Å². The largest absolute Gasteiger partial charge is 0.480 e. The van der Waals surface area contributed by atoms with Gasteiger partial charge < -0.3 is 10.8 Å². The Morgan fingerprint density at radius 1 is 1.64 bits per heavy atom. The first-order valence-electron chi connectivity index (χ1n) is 2.30. The lowest BCUT2D eigenvalue weighted by Crippen LogP contribution is -2.25. The maximum absolute atomic E-state index is 9.57. The number of hydrogen-bond acceptors (Lipinski definition) is 4. The number of nitrogens with two attached hydrogens (primary N) is 1. The molecule has 0 rings (SSSR count). The number of carbonyl (C=O) groups is 1. The average Bonchev–Trinajstić information content (AvgIpc) is 1.59. The molecule has 0 heterocycles. The van der Waals surface area contributed by atoms with Gasteiger partial charge in [0.15, 0.2) is 0 Å². The van der Waals surface area contributed by atoms with E-state index in [2.05, 4.69) is 10.7 Å². The lowest BCUT2D eigenvalue weighted by Gasteiger charge is -1.90. The third-order valence-electron chi connectivity index (χ3n) is 0.390. The van der Waals surface area contributed by atoms with Crippen LogP contribution in [0.15, 0.2) is 0 Å². The molecule has 1 atom stereocenters. The molecular formula is C3H8ClNO5S. The fourth-order valence-electron chi connectivity index (χ4n) is 0. The van der Waals surface area contributed by atoms with E-state index in [1.54, 1.807) is 0 Å². The summed E-state index contributed by atoms with van der Waals surface area (Å²) >= 11 is 0. The molecule has 0 aromatic carbocycles. The summed E-state index contributed by atoms with van der Waals surface area (Å²) in [5.74, 6) is -0.963. The standard InChI is InChI=1S/C3H7NO2.ClHO3S/c1-2(4)3(5)6;1-5(2,3)4/h2H,4H2,1H3,(H,5,6);(H,2,3,4). The second-order valence-corrected chi connectivity index (χ2v) is 3.53. The first-order valence-corrected chi connectivity index (χ1v) is 4.56. The number of halogens is 1. The number of rotatable bonds is 1. The average molecular weight is 206 g/mol. The number of carboxylic acids is 1. The molecule has 68 valence electrons. The highest BCUT2D eigenvalue weighted by Crippen LogP contribution is 1.82. The van der Waals surface area contributed by atoms with Crippen molar-refractivity contribution in [1.82, 2.24) is 0 Å². The molecule has 0 fully saturated rings. The summed E-state index contributed by atoms with van der Waals surface area (Å²) in [4.78, 5) is 9.57. The molecule has 0 saturated carbocycles. The Labute approximate surface area is 68.2 Å². The van der Waals surface area contributed by atoms with Gasteiger partial charge in [-0.15, -0.1) is 0 Å². The van der Waals surface area contributed by atoms with Gasteiger partial charge in [0.25, 0.3) is 0 Å². The molecule has 0 saturated heterocycles. The maximum atomic E-state index is 9.57. The molecule has 0 aromatic heterocycles. The smallest absolute Gasteiger partial charge is 0.353 e. The van der Waals surface area contributed by atoms with E-state index in [-0.39, 0.29) is 0 Å². The van der Waals surface area contributed by atoms with Crippen LogP contribution in [0.2, 0.25) is 0 Å². The Hall–Kier alpha value is -0.370. The monoisotopic (exact) mass is 205 g/mol. The molecule has 0 bridgehead atoms. The lowest BCUT2D eigenvalue weighted by molar-refractivity contribution is -0.138. The van der Waals surface area contributed by atoms with Crippen molar-refractivity contribution in [3.63, 3.8) is 0 Å². The fourth-order valence-corrected chi connectivity index (χ4v) is 0. The zero-order valence-corrected chi connectivity index (χ0v) is 7.13. The van der Waals surface area contributed by atoms with Crippen LogP contribution in [0.25, 0.3) is 0 Å². The molecule has 0 aliphatic carbocycles. The SMILES string of the molecule is CC(N)C(=O)O.O=S(=O)(O)Cl. The van der Waals surface area contributed by atoms with Crippen molar-refractivity contribution >= 4 is 26.0 Å². The van der Waals surface area contributed by atoms with Crippen LogP contribution >= 0.6 is 10.7 Å². The molecule has 8 heteroatoms. The van der Waals surface area contributed by atoms with E-state index in [0.717, 1.165) is 0 Å². The van der Waals surface area contributed by atoms with E-state index in [0.29, 0.717) is 0 Å².